The van der Waals surface area contributed by atoms with Crippen LogP contribution < -0.4 is 0 Å². The Morgan fingerprint density at radius 2 is 1.87 bits per heavy atom. The molecule has 1 saturated heterocycles. The van der Waals surface area contributed by atoms with Crippen LogP contribution in [0.4, 0.5) is 4.39 Å². The molecule has 0 saturated carbocycles. The van der Waals surface area contributed by atoms with E-state index < -0.39 is 0 Å². The molecule has 0 unspecified atom stereocenters. The molecule has 1 amide bonds. The number of nitrogens with zero attached hydrogens (tertiary/aromatic N) is 4. The third kappa shape index (κ3) is 5.22. The molecule has 0 radical (unpaired) electrons. The van der Waals surface area contributed by atoms with Gasteiger partial charge >= 0.3 is 0 Å². The lowest BCUT2D eigenvalue weighted by Crippen LogP contribution is -2.49. The lowest BCUT2D eigenvalue weighted by atomic mass is 10.2. The van der Waals surface area contributed by atoms with Crippen LogP contribution in [-0.4, -0.2) is 64.9 Å². The molecule has 1 aliphatic rings. The first kappa shape index (κ1) is 20.9. The number of carbonyl (C=O) groups is 1. The van der Waals surface area contributed by atoms with E-state index in [2.05, 4.69) is 21.9 Å². The van der Waals surface area contributed by atoms with Gasteiger partial charge in [-0.15, -0.1) is 11.3 Å². The molecule has 7 heteroatoms. The van der Waals surface area contributed by atoms with Gasteiger partial charge in [0.05, 0.1) is 23.3 Å². The Hall–Kier alpha value is -2.35. The van der Waals surface area contributed by atoms with Crippen LogP contribution in [0.25, 0.3) is 10.2 Å². The number of halogens is 1. The third-order valence-electron chi connectivity index (χ3n) is 5.52. The van der Waals surface area contributed by atoms with Crippen molar-refractivity contribution in [1.82, 2.24) is 19.7 Å². The summed E-state index contributed by atoms with van der Waals surface area (Å²) in [5.41, 5.74) is 1.89. The zero-order chi connectivity index (χ0) is 20.9. The smallest absolute Gasteiger partial charge is 0.237 e. The molecular formula is C23H27FN4OS. The van der Waals surface area contributed by atoms with Gasteiger partial charge in [0.2, 0.25) is 5.91 Å². The van der Waals surface area contributed by atoms with Crippen LogP contribution in [-0.2, 0) is 17.9 Å². The number of carbonyl (C=O) groups excluding carboxylic acids is 1. The average Bonchev–Trinajstić information content (AvgIpc) is 3.15. The minimum atomic E-state index is -0.264. The van der Waals surface area contributed by atoms with Gasteiger partial charge < -0.3 is 4.90 Å². The van der Waals surface area contributed by atoms with E-state index in [1.807, 2.05) is 25.1 Å². The summed E-state index contributed by atoms with van der Waals surface area (Å²) in [4.78, 5) is 23.9. The fraction of sp³-hybridized carbons (Fsp3) is 0.391. The number of piperazine rings is 1. The Bertz CT molecular complexity index is 967. The number of benzene rings is 2. The number of fused-ring (bicyclic) bond motifs is 1. The number of thiazole rings is 1. The van der Waals surface area contributed by atoms with E-state index in [0.717, 1.165) is 48.8 Å². The number of para-hydroxylation sites is 1. The standard InChI is InChI=1S/C23H27FN4OS/c1-2-28(15-18-6-5-7-19(24)14-18)23(29)17-27-12-10-26(11-13-27)16-22-25-20-8-3-4-9-21(20)30-22/h3-9,14H,2,10-13,15-17H2,1H3. The molecule has 1 fully saturated rings. The van der Waals surface area contributed by atoms with E-state index in [9.17, 15) is 9.18 Å². The zero-order valence-corrected chi connectivity index (χ0v) is 18.1. The van der Waals surface area contributed by atoms with Crippen LogP contribution in [0.15, 0.2) is 48.5 Å². The van der Waals surface area contributed by atoms with Gasteiger partial charge in [-0.25, -0.2) is 9.37 Å². The molecule has 158 valence electrons. The number of amides is 1. The lowest BCUT2D eigenvalue weighted by molar-refractivity contribution is -0.133. The Balaban J connectivity index is 1.26. The average molecular weight is 427 g/mol. The van der Waals surface area contributed by atoms with Crippen molar-refractivity contribution in [1.29, 1.82) is 0 Å². The number of likely N-dealkylation sites (N-methyl/N-ethyl adjacent to an activating group) is 1. The molecule has 5 nitrogen and oxygen atoms in total. The number of aromatic nitrogens is 1. The summed E-state index contributed by atoms with van der Waals surface area (Å²) in [6, 6.07) is 14.7. The summed E-state index contributed by atoms with van der Waals surface area (Å²) in [6.07, 6.45) is 0. The highest BCUT2D eigenvalue weighted by atomic mass is 32.1. The van der Waals surface area contributed by atoms with E-state index in [-0.39, 0.29) is 11.7 Å². The van der Waals surface area contributed by atoms with Crippen molar-refractivity contribution in [3.63, 3.8) is 0 Å². The van der Waals surface area contributed by atoms with Crippen LogP contribution in [0.2, 0.25) is 0 Å². The molecule has 0 atom stereocenters. The van der Waals surface area contributed by atoms with Crippen molar-refractivity contribution in [2.24, 2.45) is 0 Å². The molecule has 1 aromatic heterocycles. The van der Waals surface area contributed by atoms with Crippen LogP contribution in [0.3, 0.4) is 0 Å². The third-order valence-corrected chi connectivity index (χ3v) is 6.54. The van der Waals surface area contributed by atoms with Gasteiger partial charge in [-0.05, 0) is 36.8 Å². The van der Waals surface area contributed by atoms with Crippen LogP contribution >= 0.6 is 11.3 Å². The fourth-order valence-corrected chi connectivity index (χ4v) is 4.82. The Labute approximate surface area is 180 Å². The molecule has 3 aromatic rings. The SMILES string of the molecule is CCN(Cc1cccc(F)c1)C(=O)CN1CCN(Cc2nc3ccccc3s2)CC1. The van der Waals surface area contributed by atoms with E-state index in [1.54, 1.807) is 22.3 Å². The van der Waals surface area contributed by atoms with Crippen LogP contribution in [0, 0.1) is 5.82 Å². The van der Waals surface area contributed by atoms with Gasteiger partial charge in [-0.2, -0.15) is 0 Å². The molecule has 30 heavy (non-hydrogen) atoms. The van der Waals surface area contributed by atoms with Crippen molar-refractivity contribution >= 4 is 27.5 Å². The van der Waals surface area contributed by atoms with Crippen molar-refractivity contribution in [3.8, 4) is 0 Å². The van der Waals surface area contributed by atoms with Gasteiger partial charge in [0.15, 0.2) is 0 Å². The van der Waals surface area contributed by atoms with E-state index >= 15 is 0 Å². The molecule has 0 aliphatic carbocycles. The summed E-state index contributed by atoms with van der Waals surface area (Å²) < 4.78 is 14.7. The molecule has 0 bridgehead atoms. The Morgan fingerprint density at radius 1 is 1.10 bits per heavy atom. The van der Waals surface area contributed by atoms with Gasteiger partial charge in [0.1, 0.15) is 10.8 Å². The lowest BCUT2D eigenvalue weighted by Gasteiger charge is -2.35. The van der Waals surface area contributed by atoms with Crippen molar-refractivity contribution in [3.05, 3.63) is 64.9 Å². The Morgan fingerprint density at radius 3 is 2.60 bits per heavy atom. The molecule has 2 aromatic carbocycles. The van der Waals surface area contributed by atoms with E-state index in [0.29, 0.717) is 19.6 Å². The first-order valence-corrected chi connectivity index (χ1v) is 11.2. The molecule has 2 heterocycles. The summed E-state index contributed by atoms with van der Waals surface area (Å²) in [7, 11) is 0. The maximum Gasteiger partial charge on any atom is 0.237 e. The quantitative estimate of drug-likeness (QED) is 0.579. The minimum absolute atomic E-state index is 0.0985. The summed E-state index contributed by atoms with van der Waals surface area (Å²) in [5, 5.41) is 1.15. The van der Waals surface area contributed by atoms with Gasteiger partial charge in [-0.3, -0.25) is 14.6 Å². The fourth-order valence-electron chi connectivity index (χ4n) is 3.81. The molecule has 4 rings (SSSR count). The maximum atomic E-state index is 13.4. The van der Waals surface area contributed by atoms with Crippen LogP contribution in [0.1, 0.15) is 17.5 Å². The van der Waals surface area contributed by atoms with Gasteiger partial charge in [0.25, 0.3) is 0 Å². The largest absolute Gasteiger partial charge is 0.338 e. The van der Waals surface area contributed by atoms with Crippen molar-refractivity contribution < 1.29 is 9.18 Å². The molecule has 1 aliphatic heterocycles. The van der Waals surface area contributed by atoms with E-state index in [1.165, 1.54) is 16.8 Å². The highest BCUT2D eigenvalue weighted by Gasteiger charge is 2.22. The monoisotopic (exact) mass is 426 g/mol. The Kier molecular flexibility index (Phi) is 6.72. The van der Waals surface area contributed by atoms with Crippen molar-refractivity contribution in [2.45, 2.75) is 20.0 Å². The molecule has 0 spiro atoms. The predicted octanol–water partition coefficient (Wildman–Crippen LogP) is 3.60. The second-order valence-corrected chi connectivity index (χ2v) is 8.78. The summed E-state index contributed by atoms with van der Waals surface area (Å²) in [5.74, 6) is -0.165. The van der Waals surface area contributed by atoms with Gasteiger partial charge in [0, 0.05) is 39.3 Å². The predicted molar refractivity (Wildman–Crippen MR) is 119 cm³/mol. The number of hydrogen-bond acceptors (Lipinski definition) is 5. The molecular weight excluding hydrogens is 399 g/mol. The molecule has 0 N–H and O–H groups in total. The first-order valence-electron chi connectivity index (χ1n) is 10.4. The number of hydrogen-bond donors (Lipinski definition) is 0. The first-order chi connectivity index (χ1) is 14.6. The highest BCUT2D eigenvalue weighted by molar-refractivity contribution is 7.18. The highest BCUT2D eigenvalue weighted by Crippen LogP contribution is 2.23. The minimum Gasteiger partial charge on any atom is -0.338 e. The van der Waals surface area contributed by atoms with E-state index in [4.69, 9.17) is 4.98 Å². The van der Waals surface area contributed by atoms with Crippen molar-refractivity contribution in [2.75, 3.05) is 39.3 Å². The summed E-state index contributed by atoms with van der Waals surface area (Å²) in [6.45, 7) is 7.91. The number of rotatable bonds is 7. The second kappa shape index (κ2) is 9.64. The van der Waals surface area contributed by atoms with Crippen LogP contribution in [0.5, 0.6) is 0 Å². The summed E-state index contributed by atoms with van der Waals surface area (Å²) >= 11 is 1.76. The normalized spacial score (nSPS) is 15.5. The maximum absolute atomic E-state index is 13.4. The zero-order valence-electron chi connectivity index (χ0n) is 17.3. The topological polar surface area (TPSA) is 39.7 Å². The van der Waals surface area contributed by atoms with Gasteiger partial charge in [-0.1, -0.05) is 24.3 Å². The second-order valence-electron chi connectivity index (χ2n) is 7.67.